The Morgan fingerprint density at radius 3 is 2.50 bits per heavy atom. The predicted octanol–water partition coefficient (Wildman–Crippen LogP) is 1.05. The largest absolute Gasteiger partial charge is 0.399 e. The van der Waals surface area contributed by atoms with Crippen LogP contribution in [-0.2, 0) is 19.4 Å². The van der Waals surface area contributed by atoms with Gasteiger partial charge < -0.3 is 15.8 Å². The van der Waals surface area contributed by atoms with Crippen molar-refractivity contribution in [1.82, 2.24) is 0 Å². The molecule has 0 aliphatic heterocycles. The predicted molar refractivity (Wildman–Crippen MR) is 79.2 cm³/mol. The number of amides is 1. The molecule has 0 aliphatic rings. The first-order valence-electron chi connectivity index (χ1n) is 6.28. The van der Waals surface area contributed by atoms with Crippen molar-refractivity contribution in [3.63, 3.8) is 0 Å². The molecular formula is C13H20N2O4S. The number of carbonyl (C=O) groups excluding carboxylic acids is 1. The van der Waals surface area contributed by atoms with E-state index < -0.39 is 9.84 Å². The summed E-state index contributed by atoms with van der Waals surface area (Å²) in [4.78, 5) is 11.6. The van der Waals surface area contributed by atoms with Crippen molar-refractivity contribution in [2.24, 2.45) is 0 Å². The second-order valence-corrected chi connectivity index (χ2v) is 6.72. The summed E-state index contributed by atoms with van der Waals surface area (Å²) in [7, 11) is -1.69. The van der Waals surface area contributed by atoms with Gasteiger partial charge >= 0.3 is 0 Å². The van der Waals surface area contributed by atoms with Crippen LogP contribution in [-0.4, -0.2) is 39.5 Å². The standard InChI is InChI=1S/C13H20N2O4S/c1-19-8-10-20(17,18)9-2-3-13(16)15-12-6-4-11(14)5-7-12/h4-7H,2-3,8-10,14H2,1H3,(H,15,16). The third-order valence-corrected chi connectivity index (χ3v) is 4.35. The van der Waals surface area contributed by atoms with E-state index in [1.54, 1.807) is 24.3 Å². The van der Waals surface area contributed by atoms with E-state index in [4.69, 9.17) is 10.5 Å². The lowest BCUT2D eigenvalue weighted by Crippen LogP contribution is -2.17. The number of nitrogens with two attached hydrogens (primary N) is 1. The molecule has 0 atom stereocenters. The zero-order valence-electron chi connectivity index (χ0n) is 11.5. The minimum Gasteiger partial charge on any atom is -0.399 e. The fourth-order valence-corrected chi connectivity index (χ4v) is 2.76. The van der Waals surface area contributed by atoms with Crippen molar-refractivity contribution in [2.45, 2.75) is 12.8 Å². The minimum absolute atomic E-state index is 0.00841. The Hall–Kier alpha value is -1.60. The molecule has 0 fully saturated rings. The summed E-state index contributed by atoms with van der Waals surface area (Å²) >= 11 is 0. The van der Waals surface area contributed by atoms with Gasteiger partial charge in [-0.25, -0.2) is 8.42 Å². The average Bonchev–Trinajstić information content (AvgIpc) is 2.39. The number of anilines is 2. The summed E-state index contributed by atoms with van der Waals surface area (Å²) in [5.41, 5.74) is 6.80. The Morgan fingerprint density at radius 2 is 1.90 bits per heavy atom. The van der Waals surface area contributed by atoms with Crippen LogP contribution < -0.4 is 11.1 Å². The van der Waals surface area contributed by atoms with Gasteiger partial charge in [0.2, 0.25) is 5.91 Å². The Balaban J connectivity index is 2.31. The third-order valence-electron chi connectivity index (χ3n) is 2.65. The summed E-state index contributed by atoms with van der Waals surface area (Å²) in [6.07, 6.45) is 0.462. The van der Waals surface area contributed by atoms with Crippen LogP contribution in [0.5, 0.6) is 0 Å². The number of nitrogen functional groups attached to an aromatic ring is 1. The van der Waals surface area contributed by atoms with E-state index in [1.165, 1.54) is 7.11 Å². The Bertz CT molecular complexity index is 526. The van der Waals surface area contributed by atoms with Crippen molar-refractivity contribution in [1.29, 1.82) is 0 Å². The average molecular weight is 300 g/mol. The van der Waals surface area contributed by atoms with Gasteiger partial charge in [-0.15, -0.1) is 0 Å². The first kappa shape index (κ1) is 16.5. The molecule has 0 aromatic heterocycles. The number of hydrogen-bond donors (Lipinski definition) is 2. The highest BCUT2D eigenvalue weighted by Crippen LogP contribution is 2.11. The third kappa shape index (κ3) is 6.53. The number of nitrogens with one attached hydrogen (secondary N) is 1. The molecule has 0 unspecified atom stereocenters. The molecule has 1 aromatic carbocycles. The van der Waals surface area contributed by atoms with Gasteiger partial charge in [-0.1, -0.05) is 0 Å². The molecule has 0 spiro atoms. The monoisotopic (exact) mass is 300 g/mol. The van der Waals surface area contributed by atoms with E-state index >= 15 is 0 Å². The highest BCUT2D eigenvalue weighted by Gasteiger charge is 2.11. The fraction of sp³-hybridized carbons (Fsp3) is 0.462. The van der Waals surface area contributed by atoms with Crippen LogP contribution in [0.1, 0.15) is 12.8 Å². The number of rotatable bonds is 8. The first-order chi connectivity index (χ1) is 9.43. The van der Waals surface area contributed by atoms with Crippen LogP contribution in [0.4, 0.5) is 11.4 Å². The lowest BCUT2D eigenvalue weighted by atomic mass is 10.2. The number of sulfone groups is 1. The van der Waals surface area contributed by atoms with Crippen LogP contribution in [0.3, 0.4) is 0 Å². The molecule has 112 valence electrons. The number of hydrogen-bond acceptors (Lipinski definition) is 5. The normalized spacial score (nSPS) is 11.2. The van der Waals surface area contributed by atoms with Gasteiger partial charge in [-0.05, 0) is 30.7 Å². The van der Waals surface area contributed by atoms with Crippen LogP contribution >= 0.6 is 0 Å². The molecule has 0 radical (unpaired) electrons. The van der Waals surface area contributed by atoms with E-state index in [2.05, 4.69) is 5.32 Å². The van der Waals surface area contributed by atoms with E-state index in [9.17, 15) is 13.2 Å². The summed E-state index contributed by atoms with van der Waals surface area (Å²) in [6, 6.07) is 6.76. The summed E-state index contributed by atoms with van der Waals surface area (Å²) in [6.45, 7) is 0.181. The van der Waals surface area contributed by atoms with E-state index in [0.29, 0.717) is 17.8 Å². The Labute approximate surface area is 119 Å². The van der Waals surface area contributed by atoms with Crippen molar-refractivity contribution in [2.75, 3.05) is 36.3 Å². The molecule has 0 saturated heterocycles. The quantitative estimate of drug-likeness (QED) is 0.699. The van der Waals surface area contributed by atoms with E-state index in [0.717, 1.165) is 0 Å². The van der Waals surface area contributed by atoms with Crippen LogP contribution in [0.25, 0.3) is 0 Å². The van der Waals surface area contributed by atoms with Crippen molar-refractivity contribution < 1.29 is 17.9 Å². The molecular weight excluding hydrogens is 280 g/mol. The van der Waals surface area contributed by atoms with Gasteiger partial charge in [0, 0.05) is 24.9 Å². The zero-order valence-corrected chi connectivity index (χ0v) is 12.3. The maximum atomic E-state index is 11.6. The molecule has 0 heterocycles. The maximum absolute atomic E-state index is 11.6. The van der Waals surface area contributed by atoms with Gasteiger partial charge in [0.1, 0.15) is 0 Å². The molecule has 0 saturated carbocycles. The highest BCUT2D eigenvalue weighted by atomic mass is 32.2. The Kier molecular flexibility index (Phi) is 6.47. The molecule has 7 heteroatoms. The summed E-state index contributed by atoms with van der Waals surface area (Å²) in [5, 5.41) is 2.68. The number of benzene rings is 1. The molecule has 0 bridgehead atoms. The maximum Gasteiger partial charge on any atom is 0.224 e. The molecule has 3 N–H and O–H groups in total. The molecule has 1 aromatic rings. The molecule has 6 nitrogen and oxygen atoms in total. The number of methoxy groups -OCH3 is 1. The molecule has 20 heavy (non-hydrogen) atoms. The van der Waals surface area contributed by atoms with Gasteiger partial charge in [0.15, 0.2) is 9.84 Å². The van der Waals surface area contributed by atoms with Gasteiger partial charge in [0.25, 0.3) is 0 Å². The van der Waals surface area contributed by atoms with Crippen LogP contribution in [0.2, 0.25) is 0 Å². The Morgan fingerprint density at radius 1 is 1.25 bits per heavy atom. The van der Waals surface area contributed by atoms with Crippen LogP contribution in [0.15, 0.2) is 24.3 Å². The number of ether oxygens (including phenoxy) is 1. The van der Waals surface area contributed by atoms with Gasteiger partial charge in [-0.2, -0.15) is 0 Å². The lowest BCUT2D eigenvalue weighted by molar-refractivity contribution is -0.116. The lowest BCUT2D eigenvalue weighted by Gasteiger charge is -2.06. The van der Waals surface area contributed by atoms with Crippen molar-refractivity contribution in [3.05, 3.63) is 24.3 Å². The summed E-state index contributed by atoms with van der Waals surface area (Å²) < 4.78 is 27.8. The number of carbonyl (C=O) groups is 1. The van der Waals surface area contributed by atoms with E-state index in [1.807, 2.05) is 0 Å². The molecule has 0 aliphatic carbocycles. The van der Waals surface area contributed by atoms with Crippen LogP contribution in [0, 0.1) is 0 Å². The van der Waals surface area contributed by atoms with Gasteiger partial charge in [0.05, 0.1) is 18.1 Å². The first-order valence-corrected chi connectivity index (χ1v) is 8.10. The fourth-order valence-electron chi connectivity index (χ4n) is 1.55. The second-order valence-electron chi connectivity index (χ2n) is 4.42. The van der Waals surface area contributed by atoms with Crippen molar-refractivity contribution in [3.8, 4) is 0 Å². The van der Waals surface area contributed by atoms with E-state index in [-0.39, 0.29) is 30.4 Å². The van der Waals surface area contributed by atoms with Gasteiger partial charge in [-0.3, -0.25) is 4.79 Å². The minimum atomic E-state index is -3.14. The summed E-state index contributed by atoms with van der Waals surface area (Å²) in [5.74, 6) is -0.231. The highest BCUT2D eigenvalue weighted by molar-refractivity contribution is 7.91. The van der Waals surface area contributed by atoms with Crippen molar-refractivity contribution >= 4 is 27.1 Å². The molecule has 1 rings (SSSR count). The zero-order chi connectivity index (χ0) is 15.0. The molecule has 1 amide bonds. The second kappa shape index (κ2) is 7.86. The smallest absolute Gasteiger partial charge is 0.224 e. The SMILES string of the molecule is COCCS(=O)(=O)CCCC(=O)Nc1ccc(N)cc1. The topological polar surface area (TPSA) is 98.5 Å².